The van der Waals surface area contributed by atoms with Gasteiger partial charge in [-0.05, 0) is 30.3 Å². The lowest BCUT2D eigenvalue weighted by atomic mass is 10.1. The van der Waals surface area contributed by atoms with Crippen molar-refractivity contribution in [3.63, 3.8) is 0 Å². The number of primary amides is 1. The first-order valence-electron chi connectivity index (χ1n) is 6.24. The van der Waals surface area contributed by atoms with Crippen molar-refractivity contribution in [3.8, 4) is 0 Å². The monoisotopic (exact) mass is 287 g/mol. The van der Waals surface area contributed by atoms with Crippen LogP contribution in [0.2, 0.25) is 0 Å². The summed E-state index contributed by atoms with van der Waals surface area (Å²) in [6, 6.07) is 11.8. The first kappa shape index (κ1) is 14.5. The van der Waals surface area contributed by atoms with Crippen molar-refractivity contribution in [2.75, 3.05) is 5.32 Å². The minimum atomic E-state index is -0.674. The molecule has 0 radical (unpaired) electrons. The number of rotatable bonds is 4. The maximum absolute atomic E-state index is 13.4. The number of benzene rings is 2. The molecule has 0 unspecified atom stereocenters. The second-order valence-electron chi connectivity index (χ2n) is 4.34. The average molecular weight is 287 g/mol. The number of nitrogens with two attached hydrogens (primary N) is 1. The number of halogens is 1. The smallest absolute Gasteiger partial charge is 0.316 e. The molecular formula is C15H14FN3O2. The third-order valence-electron chi connectivity index (χ3n) is 2.81. The van der Waals surface area contributed by atoms with Crippen LogP contribution in [0, 0.1) is 5.82 Å². The van der Waals surface area contributed by atoms with Crippen molar-refractivity contribution in [1.82, 2.24) is 5.32 Å². The van der Waals surface area contributed by atoms with Crippen LogP contribution in [0.1, 0.15) is 15.9 Å². The van der Waals surface area contributed by atoms with Crippen LogP contribution in [0.5, 0.6) is 0 Å². The van der Waals surface area contributed by atoms with Gasteiger partial charge in [0.2, 0.25) is 0 Å². The SMILES string of the molecule is NC(=O)Nc1ccc(C(=O)NCc2ccccc2F)cc1. The normalized spacial score (nSPS) is 9.95. The standard InChI is InChI=1S/C15H14FN3O2/c16-13-4-2-1-3-11(13)9-18-14(20)10-5-7-12(8-6-10)19-15(17)21/h1-8H,9H2,(H,18,20)(H3,17,19,21). The summed E-state index contributed by atoms with van der Waals surface area (Å²) in [5.74, 6) is -0.692. The molecule has 6 heteroatoms. The third-order valence-corrected chi connectivity index (χ3v) is 2.81. The quantitative estimate of drug-likeness (QED) is 0.805. The van der Waals surface area contributed by atoms with Crippen molar-refractivity contribution in [1.29, 1.82) is 0 Å². The summed E-state index contributed by atoms with van der Waals surface area (Å²) in [6.45, 7) is 0.104. The van der Waals surface area contributed by atoms with E-state index in [1.807, 2.05) is 0 Å². The van der Waals surface area contributed by atoms with Gasteiger partial charge in [-0.1, -0.05) is 18.2 Å². The summed E-state index contributed by atoms with van der Waals surface area (Å²) in [6.07, 6.45) is 0. The average Bonchev–Trinajstić information content (AvgIpc) is 2.46. The van der Waals surface area contributed by atoms with Gasteiger partial charge in [0.05, 0.1) is 0 Å². The minimum absolute atomic E-state index is 0.104. The molecule has 0 heterocycles. The van der Waals surface area contributed by atoms with Gasteiger partial charge in [0.15, 0.2) is 0 Å². The zero-order valence-corrected chi connectivity index (χ0v) is 11.1. The summed E-state index contributed by atoms with van der Waals surface area (Å²) in [5.41, 5.74) is 6.30. The molecule has 0 aliphatic heterocycles. The van der Waals surface area contributed by atoms with Crippen LogP contribution in [0.3, 0.4) is 0 Å². The van der Waals surface area contributed by atoms with Crippen molar-refractivity contribution in [2.24, 2.45) is 5.73 Å². The Bertz CT molecular complexity index is 656. The third kappa shape index (κ3) is 4.04. The second kappa shape index (κ2) is 6.51. The maximum Gasteiger partial charge on any atom is 0.316 e. The Hall–Kier alpha value is -2.89. The summed E-state index contributed by atoms with van der Waals surface area (Å²) in [7, 11) is 0. The molecule has 2 rings (SSSR count). The lowest BCUT2D eigenvalue weighted by Crippen LogP contribution is -2.23. The largest absolute Gasteiger partial charge is 0.351 e. The highest BCUT2D eigenvalue weighted by molar-refractivity contribution is 5.95. The van der Waals surface area contributed by atoms with Crippen molar-refractivity contribution >= 4 is 17.6 Å². The van der Waals surface area contributed by atoms with Crippen LogP contribution >= 0.6 is 0 Å². The number of carbonyl (C=O) groups is 2. The topological polar surface area (TPSA) is 84.2 Å². The highest BCUT2D eigenvalue weighted by Gasteiger charge is 2.07. The molecule has 0 saturated carbocycles. The Morgan fingerprint density at radius 3 is 2.33 bits per heavy atom. The van der Waals surface area contributed by atoms with Gasteiger partial charge in [-0.25, -0.2) is 9.18 Å². The van der Waals surface area contributed by atoms with Crippen LogP contribution in [-0.2, 0) is 6.54 Å². The molecule has 21 heavy (non-hydrogen) atoms. The van der Waals surface area contributed by atoms with E-state index in [1.165, 1.54) is 6.07 Å². The molecule has 0 bridgehead atoms. The molecule has 2 aromatic carbocycles. The van der Waals surface area contributed by atoms with E-state index < -0.39 is 6.03 Å². The lowest BCUT2D eigenvalue weighted by Gasteiger charge is -2.07. The van der Waals surface area contributed by atoms with E-state index in [2.05, 4.69) is 10.6 Å². The van der Waals surface area contributed by atoms with Crippen molar-refractivity contribution < 1.29 is 14.0 Å². The Morgan fingerprint density at radius 2 is 1.71 bits per heavy atom. The highest BCUT2D eigenvalue weighted by atomic mass is 19.1. The van der Waals surface area contributed by atoms with E-state index >= 15 is 0 Å². The van der Waals surface area contributed by atoms with Crippen molar-refractivity contribution in [2.45, 2.75) is 6.54 Å². The van der Waals surface area contributed by atoms with Crippen LogP contribution < -0.4 is 16.4 Å². The molecule has 108 valence electrons. The second-order valence-corrected chi connectivity index (χ2v) is 4.34. The molecule has 5 nitrogen and oxygen atoms in total. The zero-order chi connectivity index (χ0) is 15.2. The van der Waals surface area contributed by atoms with Gasteiger partial charge >= 0.3 is 6.03 Å². The van der Waals surface area contributed by atoms with Gasteiger partial charge < -0.3 is 16.4 Å². The molecule has 0 spiro atoms. The van der Waals surface area contributed by atoms with E-state index in [0.717, 1.165) is 0 Å². The zero-order valence-electron chi connectivity index (χ0n) is 11.1. The summed E-state index contributed by atoms with van der Waals surface area (Å²) < 4.78 is 13.4. The van der Waals surface area contributed by atoms with Gasteiger partial charge in [0, 0.05) is 23.4 Å². The molecule has 0 atom stereocenters. The number of carbonyl (C=O) groups excluding carboxylic acids is 2. The molecule has 0 aliphatic carbocycles. The van der Waals surface area contributed by atoms with Gasteiger partial charge in [-0.15, -0.1) is 0 Å². The molecule has 2 aromatic rings. The van der Waals surface area contributed by atoms with Crippen LogP contribution in [-0.4, -0.2) is 11.9 Å². The first-order valence-corrected chi connectivity index (χ1v) is 6.24. The molecule has 0 saturated heterocycles. The fourth-order valence-corrected chi connectivity index (χ4v) is 1.77. The van der Waals surface area contributed by atoms with Gasteiger partial charge in [0.1, 0.15) is 5.82 Å². The molecule has 0 fully saturated rings. The summed E-state index contributed by atoms with van der Waals surface area (Å²) in [4.78, 5) is 22.6. The van der Waals surface area contributed by atoms with E-state index in [9.17, 15) is 14.0 Å². The fraction of sp³-hybridized carbons (Fsp3) is 0.0667. The number of nitrogens with one attached hydrogen (secondary N) is 2. The predicted octanol–water partition coefficient (Wildman–Crippen LogP) is 2.25. The lowest BCUT2D eigenvalue weighted by molar-refractivity contribution is 0.0950. The van der Waals surface area contributed by atoms with Crippen LogP contribution in [0.4, 0.5) is 14.9 Å². The predicted molar refractivity (Wildman–Crippen MR) is 77.2 cm³/mol. The fourth-order valence-electron chi connectivity index (χ4n) is 1.77. The minimum Gasteiger partial charge on any atom is -0.351 e. The molecule has 4 N–H and O–H groups in total. The van der Waals surface area contributed by atoms with Gasteiger partial charge in [-0.2, -0.15) is 0 Å². The molecular weight excluding hydrogens is 273 g/mol. The molecule has 0 aliphatic rings. The molecule has 3 amide bonds. The number of hydrogen-bond acceptors (Lipinski definition) is 2. The number of amides is 3. The Labute approximate surface area is 121 Å². The Balaban J connectivity index is 1.97. The van der Waals surface area contributed by atoms with Crippen LogP contribution in [0.25, 0.3) is 0 Å². The van der Waals surface area contributed by atoms with Crippen molar-refractivity contribution in [3.05, 3.63) is 65.5 Å². The summed E-state index contributed by atoms with van der Waals surface area (Å²) >= 11 is 0. The molecule has 0 aromatic heterocycles. The van der Waals surface area contributed by atoms with E-state index in [0.29, 0.717) is 16.8 Å². The van der Waals surface area contributed by atoms with Crippen LogP contribution in [0.15, 0.2) is 48.5 Å². The Morgan fingerprint density at radius 1 is 1.05 bits per heavy atom. The van der Waals surface area contributed by atoms with Gasteiger partial charge in [-0.3, -0.25) is 4.79 Å². The number of anilines is 1. The van der Waals surface area contributed by atoms with E-state index in [4.69, 9.17) is 5.73 Å². The number of hydrogen-bond donors (Lipinski definition) is 3. The number of urea groups is 1. The highest BCUT2D eigenvalue weighted by Crippen LogP contribution is 2.10. The van der Waals surface area contributed by atoms with E-state index in [1.54, 1.807) is 42.5 Å². The maximum atomic E-state index is 13.4. The summed E-state index contributed by atoms with van der Waals surface area (Å²) in [5, 5.41) is 5.02. The Kier molecular flexibility index (Phi) is 4.50. The first-order chi connectivity index (χ1) is 10.1. The van der Waals surface area contributed by atoms with Gasteiger partial charge in [0.25, 0.3) is 5.91 Å². The van der Waals surface area contributed by atoms with E-state index in [-0.39, 0.29) is 18.3 Å².